The van der Waals surface area contributed by atoms with Crippen LogP contribution in [0.5, 0.6) is 0 Å². The second kappa shape index (κ2) is 7.83. The molecule has 0 aliphatic carbocycles. The Morgan fingerprint density at radius 3 is 2.83 bits per heavy atom. The van der Waals surface area contributed by atoms with Crippen LogP contribution in [0.2, 0.25) is 0 Å². The molecule has 0 aliphatic heterocycles. The van der Waals surface area contributed by atoms with Crippen LogP contribution in [-0.2, 0) is 24.1 Å². The van der Waals surface area contributed by atoms with Gasteiger partial charge in [0.1, 0.15) is 0 Å². The van der Waals surface area contributed by atoms with Crippen LogP contribution >= 0.6 is 0 Å². The van der Waals surface area contributed by atoms with E-state index < -0.39 is 0 Å². The second-order valence-electron chi connectivity index (χ2n) is 4.67. The van der Waals surface area contributed by atoms with Gasteiger partial charge in [-0.2, -0.15) is 5.26 Å². The molecule has 0 fully saturated rings. The Morgan fingerprint density at radius 1 is 1.44 bits per heavy atom. The van der Waals surface area contributed by atoms with Crippen LogP contribution in [0, 0.1) is 17.2 Å². The van der Waals surface area contributed by atoms with E-state index in [-0.39, 0.29) is 0 Å². The predicted molar refractivity (Wildman–Crippen MR) is 69.0 cm³/mol. The number of aromatic nitrogens is 3. The van der Waals surface area contributed by atoms with Crippen molar-refractivity contribution in [3.05, 3.63) is 11.4 Å². The molecule has 1 aromatic rings. The molecule has 0 radical (unpaired) electrons. The third kappa shape index (κ3) is 4.46. The van der Waals surface area contributed by atoms with Crippen molar-refractivity contribution < 1.29 is 4.74 Å². The average molecular weight is 250 g/mol. The van der Waals surface area contributed by atoms with E-state index in [2.05, 4.69) is 30.2 Å². The Morgan fingerprint density at radius 2 is 2.22 bits per heavy atom. The minimum Gasteiger partial charge on any atom is -0.380 e. The molecule has 0 spiro atoms. The van der Waals surface area contributed by atoms with Gasteiger partial charge in [-0.3, -0.25) is 0 Å². The number of nitrogens with zero attached hydrogens (tertiary/aromatic N) is 4. The lowest BCUT2D eigenvalue weighted by molar-refractivity contribution is 0.135. The largest absolute Gasteiger partial charge is 0.380 e. The van der Waals surface area contributed by atoms with Crippen molar-refractivity contribution >= 4 is 0 Å². The lowest BCUT2D eigenvalue weighted by atomic mass is 10.0. The van der Waals surface area contributed by atoms with E-state index in [1.807, 2.05) is 11.6 Å². The molecule has 0 N–H and O–H groups in total. The Bertz CT molecular complexity index is 392. The topological polar surface area (TPSA) is 63.7 Å². The highest BCUT2D eigenvalue weighted by Crippen LogP contribution is 2.12. The van der Waals surface area contributed by atoms with Gasteiger partial charge in [0.25, 0.3) is 0 Å². The van der Waals surface area contributed by atoms with E-state index >= 15 is 0 Å². The molecule has 0 unspecified atom stereocenters. The van der Waals surface area contributed by atoms with Gasteiger partial charge in [-0.05, 0) is 25.7 Å². The van der Waals surface area contributed by atoms with Crippen LogP contribution in [0.25, 0.3) is 0 Å². The zero-order valence-electron chi connectivity index (χ0n) is 11.5. The SMILES string of the molecule is CCOCCn1nnc(CC#N)c1CCC(C)C. The molecule has 0 atom stereocenters. The maximum absolute atomic E-state index is 8.79. The van der Waals surface area contributed by atoms with Gasteiger partial charge in [-0.15, -0.1) is 5.10 Å². The summed E-state index contributed by atoms with van der Waals surface area (Å²) in [5.41, 5.74) is 1.90. The quantitative estimate of drug-likeness (QED) is 0.662. The molecule has 5 nitrogen and oxygen atoms in total. The molecular formula is C13H22N4O. The van der Waals surface area contributed by atoms with Gasteiger partial charge in [-0.25, -0.2) is 4.68 Å². The van der Waals surface area contributed by atoms with Gasteiger partial charge in [0.05, 0.1) is 37.0 Å². The molecule has 100 valence electrons. The molecule has 5 heteroatoms. The molecule has 1 heterocycles. The first-order valence-electron chi connectivity index (χ1n) is 6.55. The van der Waals surface area contributed by atoms with Gasteiger partial charge in [0, 0.05) is 6.61 Å². The Kier molecular flexibility index (Phi) is 6.37. The fourth-order valence-electron chi connectivity index (χ4n) is 1.75. The summed E-state index contributed by atoms with van der Waals surface area (Å²) < 4.78 is 7.21. The van der Waals surface area contributed by atoms with Crippen molar-refractivity contribution in [2.45, 2.75) is 46.6 Å². The summed E-state index contributed by atoms with van der Waals surface area (Å²) in [5, 5.41) is 17.0. The molecule has 0 saturated heterocycles. The molecule has 1 rings (SSSR count). The van der Waals surface area contributed by atoms with Crippen molar-refractivity contribution in [3.63, 3.8) is 0 Å². The Labute approximate surface area is 109 Å². The summed E-state index contributed by atoms with van der Waals surface area (Å²) in [6.07, 6.45) is 2.34. The second-order valence-corrected chi connectivity index (χ2v) is 4.67. The van der Waals surface area contributed by atoms with E-state index in [0.29, 0.717) is 32.1 Å². The predicted octanol–water partition coefficient (Wildman–Crippen LogP) is 1.97. The lowest BCUT2D eigenvalue weighted by Crippen LogP contribution is -2.12. The minimum absolute atomic E-state index is 0.335. The molecule has 0 amide bonds. The van der Waals surface area contributed by atoms with Crippen LogP contribution in [0.4, 0.5) is 0 Å². The summed E-state index contributed by atoms with van der Waals surface area (Å²) in [7, 11) is 0. The van der Waals surface area contributed by atoms with Gasteiger partial charge in [-0.1, -0.05) is 19.1 Å². The van der Waals surface area contributed by atoms with Crippen LogP contribution in [0.15, 0.2) is 0 Å². The van der Waals surface area contributed by atoms with Gasteiger partial charge >= 0.3 is 0 Å². The van der Waals surface area contributed by atoms with Crippen molar-refractivity contribution in [1.82, 2.24) is 15.0 Å². The number of hydrogen-bond donors (Lipinski definition) is 0. The number of nitriles is 1. The van der Waals surface area contributed by atoms with Crippen molar-refractivity contribution in [2.75, 3.05) is 13.2 Å². The molecule has 0 aromatic carbocycles. The Balaban J connectivity index is 2.72. The van der Waals surface area contributed by atoms with E-state index in [0.717, 1.165) is 24.2 Å². The highest BCUT2D eigenvalue weighted by atomic mass is 16.5. The van der Waals surface area contributed by atoms with Crippen molar-refractivity contribution in [3.8, 4) is 6.07 Å². The number of ether oxygens (including phenoxy) is 1. The molecular weight excluding hydrogens is 228 g/mol. The number of rotatable bonds is 8. The van der Waals surface area contributed by atoms with Crippen molar-refractivity contribution in [2.24, 2.45) is 5.92 Å². The monoisotopic (exact) mass is 250 g/mol. The van der Waals surface area contributed by atoms with Crippen LogP contribution in [0.1, 0.15) is 38.6 Å². The van der Waals surface area contributed by atoms with E-state index in [4.69, 9.17) is 10.00 Å². The smallest absolute Gasteiger partial charge is 0.0999 e. The molecule has 0 saturated carbocycles. The first-order chi connectivity index (χ1) is 8.69. The summed E-state index contributed by atoms with van der Waals surface area (Å²) in [5.74, 6) is 0.634. The first-order valence-corrected chi connectivity index (χ1v) is 6.55. The fraction of sp³-hybridized carbons (Fsp3) is 0.769. The lowest BCUT2D eigenvalue weighted by Gasteiger charge is -2.09. The fourth-order valence-corrected chi connectivity index (χ4v) is 1.75. The maximum atomic E-state index is 8.79. The summed E-state index contributed by atoms with van der Waals surface area (Å²) >= 11 is 0. The molecule has 1 aromatic heterocycles. The van der Waals surface area contributed by atoms with E-state index in [1.54, 1.807) is 0 Å². The zero-order chi connectivity index (χ0) is 13.4. The molecule has 0 aliphatic rings. The highest BCUT2D eigenvalue weighted by molar-refractivity contribution is 5.14. The van der Waals surface area contributed by atoms with Gasteiger partial charge < -0.3 is 4.74 Å². The normalized spacial score (nSPS) is 10.8. The Hall–Kier alpha value is -1.41. The number of hydrogen-bond acceptors (Lipinski definition) is 4. The summed E-state index contributed by atoms with van der Waals surface area (Å²) in [6, 6.07) is 2.15. The van der Waals surface area contributed by atoms with Crippen LogP contribution in [-0.4, -0.2) is 28.2 Å². The molecule has 0 bridgehead atoms. The minimum atomic E-state index is 0.335. The van der Waals surface area contributed by atoms with Gasteiger partial charge in [0.2, 0.25) is 0 Å². The first kappa shape index (κ1) is 14.7. The van der Waals surface area contributed by atoms with E-state index in [1.165, 1.54) is 0 Å². The molecule has 18 heavy (non-hydrogen) atoms. The summed E-state index contributed by atoms with van der Waals surface area (Å²) in [6.45, 7) is 8.42. The standard InChI is InChI=1S/C13H22N4O/c1-4-18-10-9-17-13(6-5-11(2)3)12(7-8-14)15-16-17/h11H,4-7,9-10H2,1-3H3. The zero-order valence-corrected chi connectivity index (χ0v) is 11.5. The van der Waals surface area contributed by atoms with Crippen molar-refractivity contribution in [1.29, 1.82) is 5.26 Å². The van der Waals surface area contributed by atoms with Crippen LogP contribution < -0.4 is 0 Å². The maximum Gasteiger partial charge on any atom is 0.0999 e. The summed E-state index contributed by atoms with van der Waals surface area (Å²) in [4.78, 5) is 0. The third-order valence-electron chi connectivity index (χ3n) is 2.77. The third-order valence-corrected chi connectivity index (χ3v) is 2.77. The average Bonchev–Trinajstić information content (AvgIpc) is 2.70. The highest BCUT2D eigenvalue weighted by Gasteiger charge is 2.12. The van der Waals surface area contributed by atoms with Gasteiger partial charge in [0.15, 0.2) is 0 Å². The van der Waals surface area contributed by atoms with E-state index in [9.17, 15) is 0 Å². The van der Waals surface area contributed by atoms with Crippen LogP contribution in [0.3, 0.4) is 0 Å².